The first-order valence-electron chi connectivity index (χ1n) is 13.1. The number of aryl methyl sites for hydroxylation is 2. The summed E-state index contributed by atoms with van der Waals surface area (Å²) in [6.45, 7) is 9.18. The fourth-order valence-corrected chi connectivity index (χ4v) is 4.85. The molecule has 2 aromatic heterocycles. The van der Waals surface area contributed by atoms with Gasteiger partial charge in [-0.1, -0.05) is 61.9 Å². The lowest BCUT2D eigenvalue weighted by Crippen LogP contribution is -2.42. The molecule has 4 aromatic rings. The Morgan fingerprint density at radius 1 is 1.05 bits per heavy atom. The highest BCUT2D eigenvalue weighted by atomic mass is 16.3. The van der Waals surface area contributed by atoms with Crippen molar-refractivity contribution in [3.63, 3.8) is 0 Å². The summed E-state index contributed by atoms with van der Waals surface area (Å²) in [4.78, 5) is 34.9. The van der Waals surface area contributed by atoms with E-state index in [0.29, 0.717) is 54.3 Å². The van der Waals surface area contributed by atoms with Gasteiger partial charge in [0.1, 0.15) is 5.82 Å². The highest BCUT2D eigenvalue weighted by Gasteiger charge is 2.33. The van der Waals surface area contributed by atoms with E-state index in [0.717, 1.165) is 11.1 Å². The molecule has 198 valence electrons. The molecule has 0 bridgehead atoms. The fourth-order valence-electron chi connectivity index (χ4n) is 4.85. The highest BCUT2D eigenvalue weighted by molar-refractivity contribution is 5.94. The van der Waals surface area contributed by atoms with Crippen LogP contribution in [0.3, 0.4) is 0 Å². The Hall–Kier alpha value is -3.97. The molecule has 38 heavy (non-hydrogen) atoms. The molecule has 4 rings (SSSR count). The van der Waals surface area contributed by atoms with Crippen LogP contribution < -0.4 is 11.3 Å². The van der Waals surface area contributed by atoms with Crippen molar-refractivity contribution in [2.45, 2.75) is 46.7 Å². The van der Waals surface area contributed by atoms with E-state index in [1.807, 2.05) is 73.3 Å². The molecule has 0 aliphatic rings. The van der Waals surface area contributed by atoms with E-state index in [-0.39, 0.29) is 17.4 Å². The first-order chi connectivity index (χ1) is 18.3. The van der Waals surface area contributed by atoms with Gasteiger partial charge in [0.15, 0.2) is 0 Å². The molecule has 0 saturated heterocycles. The van der Waals surface area contributed by atoms with Crippen molar-refractivity contribution in [1.82, 2.24) is 14.5 Å². The van der Waals surface area contributed by atoms with Crippen molar-refractivity contribution in [3.05, 3.63) is 112 Å². The van der Waals surface area contributed by atoms with Gasteiger partial charge in [-0.25, -0.2) is 4.98 Å². The van der Waals surface area contributed by atoms with Gasteiger partial charge in [-0.15, -0.1) is 0 Å². The van der Waals surface area contributed by atoms with Gasteiger partial charge in [0.2, 0.25) is 0 Å². The van der Waals surface area contributed by atoms with Crippen molar-refractivity contribution >= 4 is 5.91 Å². The Kier molecular flexibility index (Phi) is 8.59. The third-order valence-corrected chi connectivity index (χ3v) is 6.77. The Labute approximate surface area is 223 Å². The van der Waals surface area contributed by atoms with Crippen molar-refractivity contribution in [1.29, 1.82) is 0 Å². The minimum absolute atomic E-state index is 0.0183. The smallest absolute Gasteiger partial charge is 0.262 e. The molecule has 2 N–H and O–H groups in total. The second-order valence-electron chi connectivity index (χ2n) is 10.0. The van der Waals surface area contributed by atoms with Gasteiger partial charge < -0.3 is 15.1 Å². The molecular formula is C31H36N4O3. The third kappa shape index (κ3) is 5.78. The molecule has 0 aliphatic heterocycles. The van der Waals surface area contributed by atoms with Gasteiger partial charge in [0, 0.05) is 17.7 Å². The van der Waals surface area contributed by atoms with Gasteiger partial charge >= 0.3 is 0 Å². The van der Waals surface area contributed by atoms with Gasteiger partial charge in [-0.3, -0.25) is 14.2 Å². The number of furan rings is 1. The average molecular weight is 513 g/mol. The van der Waals surface area contributed by atoms with Crippen LogP contribution in [0, 0.1) is 19.8 Å². The zero-order valence-electron chi connectivity index (χ0n) is 22.6. The van der Waals surface area contributed by atoms with Crippen LogP contribution in [0.2, 0.25) is 0 Å². The predicted molar refractivity (Wildman–Crippen MR) is 150 cm³/mol. The Morgan fingerprint density at radius 3 is 2.37 bits per heavy atom. The molecule has 0 fully saturated rings. The molecule has 0 spiro atoms. The standard InChI is InChI=1S/C31H36N4O3/c1-21(2)28(34(17-8-16-32)30(36)25-13-11-22(3)12-14-25)29-33-23(4)27(26-15-18-38-20-26)31(37)35(29)19-24-9-6-5-7-10-24/h5-7,9-15,18,20-21,28H,8,16-17,19,32H2,1-4H3. The van der Waals surface area contributed by atoms with Crippen molar-refractivity contribution in [3.8, 4) is 11.1 Å². The minimum Gasteiger partial charge on any atom is -0.472 e. The van der Waals surface area contributed by atoms with Crippen LogP contribution in [0.1, 0.15) is 59.3 Å². The van der Waals surface area contributed by atoms with Crippen LogP contribution in [0.5, 0.6) is 0 Å². The number of benzene rings is 2. The Balaban J connectivity index is 1.91. The number of carbonyl (C=O) groups is 1. The Morgan fingerprint density at radius 2 is 1.76 bits per heavy atom. The monoisotopic (exact) mass is 512 g/mol. The second-order valence-corrected chi connectivity index (χ2v) is 10.0. The fraction of sp³-hybridized carbons (Fsp3) is 0.323. The summed E-state index contributed by atoms with van der Waals surface area (Å²) in [5, 5.41) is 0. The number of nitrogens with two attached hydrogens (primary N) is 1. The molecule has 1 unspecified atom stereocenters. The maximum Gasteiger partial charge on any atom is 0.262 e. The van der Waals surface area contributed by atoms with E-state index < -0.39 is 6.04 Å². The normalized spacial score (nSPS) is 12.1. The minimum atomic E-state index is -0.441. The molecule has 0 saturated carbocycles. The maximum atomic E-state index is 14.1. The summed E-state index contributed by atoms with van der Waals surface area (Å²) >= 11 is 0. The van der Waals surface area contributed by atoms with E-state index in [2.05, 4.69) is 13.8 Å². The molecule has 1 atom stereocenters. The molecule has 7 nitrogen and oxygen atoms in total. The second kappa shape index (κ2) is 12.0. The van der Waals surface area contributed by atoms with Crippen LogP contribution in [0.15, 0.2) is 82.4 Å². The SMILES string of the molecule is Cc1ccc(C(=O)N(CCCN)C(c2nc(C)c(-c3ccoc3)c(=O)n2Cc2ccccc2)C(C)C)cc1. The lowest BCUT2D eigenvalue weighted by molar-refractivity contribution is 0.0602. The van der Waals surface area contributed by atoms with E-state index in [9.17, 15) is 9.59 Å². The molecule has 0 aliphatic carbocycles. The van der Waals surface area contributed by atoms with E-state index in [4.69, 9.17) is 15.1 Å². The highest BCUT2D eigenvalue weighted by Crippen LogP contribution is 2.31. The lowest BCUT2D eigenvalue weighted by atomic mass is 9.98. The molecule has 1 amide bonds. The maximum absolute atomic E-state index is 14.1. The molecule has 2 aromatic carbocycles. The number of amides is 1. The number of rotatable bonds is 10. The number of carbonyl (C=O) groups excluding carboxylic acids is 1. The van der Waals surface area contributed by atoms with Gasteiger partial charge in [-0.2, -0.15) is 0 Å². The van der Waals surface area contributed by atoms with Crippen molar-refractivity contribution in [2.75, 3.05) is 13.1 Å². The summed E-state index contributed by atoms with van der Waals surface area (Å²) in [6, 6.07) is 18.7. The van der Waals surface area contributed by atoms with Crippen LogP contribution in [-0.4, -0.2) is 33.4 Å². The summed E-state index contributed by atoms with van der Waals surface area (Å²) < 4.78 is 7.00. The first kappa shape index (κ1) is 27.1. The average Bonchev–Trinajstić information content (AvgIpc) is 3.43. The molecule has 2 heterocycles. The van der Waals surface area contributed by atoms with E-state index in [1.54, 1.807) is 23.2 Å². The zero-order chi connectivity index (χ0) is 27.2. The van der Waals surface area contributed by atoms with Crippen LogP contribution in [0.25, 0.3) is 11.1 Å². The van der Waals surface area contributed by atoms with Crippen LogP contribution in [-0.2, 0) is 6.54 Å². The van der Waals surface area contributed by atoms with Gasteiger partial charge in [0.05, 0.1) is 36.4 Å². The molecule has 0 radical (unpaired) electrons. The zero-order valence-corrected chi connectivity index (χ0v) is 22.6. The molecule has 7 heteroatoms. The summed E-state index contributed by atoms with van der Waals surface area (Å²) in [5.74, 6) is 0.445. The number of aromatic nitrogens is 2. The summed E-state index contributed by atoms with van der Waals surface area (Å²) in [5.41, 5.74) is 10.2. The van der Waals surface area contributed by atoms with Gasteiger partial charge in [0.25, 0.3) is 11.5 Å². The first-order valence-corrected chi connectivity index (χ1v) is 13.1. The van der Waals surface area contributed by atoms with Crippen LogP contribution >= 0.6 is 0 Å². The summed E-state index contributed by atoms with van der Waals surface area (Å²) in [6.07, 6.45) is 3.75. The summed E-state index contributed by atoms with van der Waals surface area (Å²) in [7, 11) is 0. The van der Waals surface area contributed by atoms with E-state index in [1.165, 1.54) is 0 Å². The van der Waals surface area contributed by atoms with Crippen LogP contribution in [0.4, 0.5) is 0 Å². The topological polar surface area (TPSA) is 94.4 Å². The molecular weight excluding hydrogens is 476 g/mol. The van der Waals surface area contributed by atoms with Gasteiger partial charge in [-0.05, 0) is 56.5 Å². The van der Waals surface area contributed by atoms with Crippen molar-refractivity contribution in [2.24, 2.45) is 11.7 Å². The number of nitrogens with zero attached hydrogens (tertiary/aromatic N) is 3. The predicted octanol–water partition coefficient (Wildman–Crippen LogP) is 5.36. The van der Waals surface area contributed by atoms with Crippen molar-refractivity contribution < 1.29 is 9.21 Å². The number of hydrogen-bond acceptors (Lipinski definition) is 5. The third-order valence-electron chi connectivity index (χ3n) is 6.77. The Bertz CT molecular complexity index is 1410. The lowest BCUT2D eigenvalue weighted by Gasteiger charge is -2.36. The largest absolute Gasteiger partial charge is 0.472 e. The quantitative estimate of drug-likeness (QED) is 0.309. The number of hydrogen-bond donors (Lipinski definition) is 1. The van der Waals surface area contributed by atoms with E-state index >= 15 is 0 Å².